The van der Waals surface area contributed by atoms with Crippen molar-refractivity contribution >= 4 is 23.4 Å². The van der Waals surface area contributed by atoms with Crippen molar-refractivity contribution in [2.75, 3.05) is 0 Å². The summed E-state index contributed by atoms with van der Waals surface area (Å²) in [4.78, 5) is 22.5. The normalized spacial score (nSPS) is 18.8. The molecule has 0 spiro atoms. The molecule has 4 heteroatoms. The highest BCUT2D eigenvalue weighted by Gasteiger charge is 2.33. The van der Waals surface area contributed by atoms with Crippen LogP contribution in [0.3, 0.4) is 0 Å². The van der Waals surface area contributed by atoms with Crippen LogP contribution in [0.25, 0.3) is 0 Å². The largest absolute Gasteiger partial charge is 0.454 e. The highest BCUT2D eigenvalue weighted by molar-refractivity contribution is 6.32. The molecule has 0 radical (unpaired) electrons. The first-order valence-electron chi connectivity index (χ1n) is 4.58. The molecule has 0 aromatic heterocycles. The number of halogens is 1. The standard InChI is InChI=1S/C11H9ClO3/c1-6(13)15-10-5-8-7(11(10)14)3-2-4-9(8)12/h2-4,10H,5H2,1H3. The second-order valence-electron chi connectivity index (χ2n) is 3.43. The number of ether oxygens (including phenoxy) is 1. The van der Waals surface area contributed by atoms with Gasteiger partial charge in [-0.05, 0) is 11.6 Å². The number of carbonyl (C=O) groups excluding carboxylic acids is 2. The second-order valence-corrected chi connectivity index (χ2v) is 3.84. The summed E-state index contributed by atoms with van der Waals surface area (Å²) in [5.74, 6) is -0.611. The van der Waals surface area contributed by atoms with Gasteiger partial charge in [0.05, 0.1) is 0 Å². The molecule has 0 amide bonds. The Bertz CT molecular complexity index is 439. The van der Waals surface area contributed by atoms with Gasteiger partial charge < -0.3 is 4.74 Å². The summed E-state index contributed by atoms with van der Waals surface area (Å²) in [5, 5.41) is 0.551. The van der Waals surface area contributed by atoms with E-state index in [9.17, 15) is 9.59 Å². The number of esters is 1. The molecule has 1 atom stereocenters. The Morgan fingerprint density at radius 3 is 2.87 bits per heavy atom. The van der Waals surface area contributed by atoms with Crippen molar-refractivity contribution in [2.45, 2.75) is 19.4 Å². The summed E-state index contributed by atoms with van der Waals surface area (Å²) >= 11 is 5.94. The van der Waals surface area contributed by atoms with Gasteiger partial charge in [0.2, 0.25) is 5.78 Å². The predicted octanol–water partition coefficient (Wildman–Crippen LogP) is 2.01. The quantitative estimate of drug-likeness (QED) is 0.686. The highest BCUT2D eigenvalue weighted by Crippen LogP contribution is 2.30. The topological polar surface area (TPSA) is 43.4 Å². The lowest BCUT2D eigenvalue weighted by Crippen LogP contribution is -2.22. The molecule has 0 saturated carbocycles. The van der Waals surface area contributed by atoms with Crippen LogP contribution in [0.1, 0.15) is 22.8 Å². The van der Waals surface area contributed by atoms with Gasteiger partial charge in [-0.15, -0.1) is 0 Å². The lowest BCUT2D eigenvalue weighted by molar-refractivity contribution is -0.144. The van der Waals surface area contributed by atoms with Crippen LogP contribution >= 0.6 is 11.6 Å². The maximum Gasteiger partial charge on any atom is 0.303 e. The summed E-state index contributed by atoms with van der Waals surface area (Å²) in [7, 11) is 0. The lowest BCUT2D eigenvalue weighted by atomic mass is 10.1. The Hall–Kier alpha value is -1.35. The Kier molecular flexibility index (Phi) is 2.49. The summed E-state index contributed by atoms with van der Waals surface area (Å²) < 4.78 is 4.91. The number of rotatable bonds is 1. The maximum absolute atomic E-state index is 11.7. The van der Waals surface area contributed by atoms with E-state index in [2.05, 4.69) is 0 Å². The first-order valence-corrected chi connectivity index (χ1v) is 4.96. The van der Waals surface area contributed by atoms with Crippen molar-refractivity contribution in [3.63, 3.8) is 0 Å². The highest BCUT2D eigenvalue weighted by atomic mass is 35.5. The van der Waals surface area contributed by atoms with Gasteiger partial charge in [-0.1, -0.05) is 23.7 Å². The Morgan fingerprint density at radius 1 is 1.53 bits per heavy atom. The van der Waals surface area contributed by atoms with Gasteiger partial charge in [0.1, 0.15) is 0 Å². The van der Waals surface area contributed by atoms with Gasteiger partial charge in [0.15, 0.2) is 6.10 Å². The van der Waals surface area contributed by atoms with E-state index in [-0.39, 0.29) is 5.78 Å². The minimum atomic E-state index is -0.697. The van der Waals surface area contributed by atoms with E-state index in [0.29, 0.717) is 17.0 Å². The zero-order valence-corrected chi connectivity index (χ0v) is 8.88. The van der Waals surface area contributed by atoms with Crippen molar-refractivity contribution in [3.8, 4) is 0 Å². The molecular weight excluding hydrogens is 216 g/mol. The smallest absolute Gasteiger partial charge is 0.303 e. The van der Waals surface area contributed by atoms with Gasteiger partial charge in [0, 0.05) is 23.9 Å². The number of ketones is 1. The SMILES string of the molecule is CC(=O)OC1Cc2c(Cl)cccc2C1=O. The Balaban J connectivity index is 2.33. The third-order valence-electron chi connectivity index (χ3n) is 2.37. The minimum absolute atomic E-state index is 0.164. The van der Waals surface area contributed by atoms with Crippen LogP contribution in [0.15, 0.2) is 18.2 Å². The van der Waals surface area contributed by atoms with Gasteiger partial charge in [0.25, 0.3) is 0 Å². The Labute approximate surface area is 92.0 Å². The summed E-state index contributed by atoms with van der Waals surface area (Å²) in [6.07, 6.45) is -0.314. The molecule has 1 aromatic rings. The molecule has 0 heterocycles. The fourth-order valence-electron chi connectivity index (χ4n) is 1.74. The van der Waals surface area contributed by atoms with Crippen molar-refractivity contribution in [2.24, 2.45) is 0 Å². The first-order chi connectivity index (χ1) is 7.09. The van der Waals surface area contributed by atoms with Crippen molar-refractivity contribution in [1.82, 2.24) is 0 Å². The molecule has 1 aliphatic carbocycles. The van der Waals surface area contributed by atoms with Crippen molar-refractivity contribution < 1.29 is 14.3 Å². The van der Waals surface area contributed by atoms with Crippen LogP contribution in [0.5, 0.6) is 0 Å². The fourth-order valence-corrected chi connectivity index (χ4v) is 2.00. The molecule has 2 rings (SSSR count). The average molecular weight is 225 g/mol. The van der Waals surface area contributed by atoms with E-state index in [0.717, 1.165) is 5.56 Å². The van der Waals surface area contributed by atoms with Crippen LogP contribution in [0.2, 0.25) is 5.02 Å². The monoisotopic (exact) mass is 224 g/mol. The number of Topliss-reactive ketones (excluding diaryl/α,β-unsaturated/α-hetero) is 1. The van der Waals surface area contributed by atoms with E-state index >= 15 is 0 Å². The fraction of sp³-hybridized carbons (Fsp3) is 0.273. The van der Waals surface area contributed by atoms with E-state index in [4.69, 9.17) is 16.3 Å². The number of carbonyl (C=O) groups is 2. The molecule has 1 aromatic carbocycles. The molecule has 0 N–H and O–H groups in total. The number of fused-ring (bicyclic) bond motifs is 1. The number of hydrogen-bond acceptors (Lipinski definition) is 3. The third-order valence-corrected chi connectivity index (χ3v) is 2.73. The molecule has 15 heavy (non-hydrogen) atoms. The molecule has 3 nitrogen and oxygen atoms in total. The maximum atomic E-state index is 11.7. The number of benzene rings is 1. The second kappa shape index (κ2) is 3.66. The minimum Gasteiger partial charge on any atom is -0.454 e. The van der Waals surface area contributed by atoms with Crippen molar-refractivity contribution in [3.05, 3.63) is 34.3 Å². The predicted molar refractivity (Wildman–Crippen MR) is 55.0 cm³/mol. The van der Waals surface area contributed by atoms with Gasteiger partial charge in [-0.2, -0.15) is 0 Å². The lowest BCUT2D eigenvalue weighted by Gasteiger charge is -2.07. The molecule has 1 unspecified atom stereocenters. The Morgan fingerprint density at radius 2 is 2.27 bits per heavy atom. The first kappa shape index (κ1) is 10.2. The average Bonchev–Trinajstić information content (AvgIpc) is 2.46. The molecule has 78 valence electrons. The van der Waals surface area contributed by atoms with E-state index < -0.39 is 12.1 Å². The summed E-state index contributed by atoms with van der Waals surface area (Å²) in [6, 6.07) is 5.14. The molecule has 1 aliphatic rings. The zero-order valence-electron chi connectivity index (χ0n) is 8.12. The van der Waals surface area contributed by atoms with Crippen LogP contribution in [-0.4, -0.2) is 17.9 Å². The van der Waals surface area contributed by atoms with Crippen LogP contribution in [0.4, 0.5) is 0 Å². The molecule has 0 fully saturated rings. The molecule has 0 saturated heterocycles. The molecule has 0 bridgehead atoms. The van der Waals surface area contributed by atoms with Crippen LogP contribution in [0, 0.1) is 0 Å². The van der Waals surface area contributed by atoms with E-state index in [1.165, 1.54) is 6.92 Å². The molecular formula is C11H9ClO3. The van der Waals surface area contributed by atoms with Crippen LogP contribution in [-0.2, 0) is 16.0 Å². The van der Waals surface area contributed by atoms with Crippen LogP contribution < -0.4 is 0 Å². The molecule has 0 aliphatic heterocycles. The van der Waals surface area contributed by atoms with Gasteiger partial charge in [-0.25, -0.2) is 0 Å². The van der Waals surface area contributed by atoms with Gasteiger partial charge >= 0.3 is 5.97 Å². The summed E-state index contributed by atoms with van der Waals surface area (Å²) in [6.45, 7) is 1.29. The van der Waals surface area contributed by atoms with E-state index in [1.807, 2.05) is 0 Å². The van der Waals surface area contributed by atoms with E-state index in [1.54, 1.807) is 18.2 Å². The summed E-state index contributed by atoms with van der Waals surface area (Å²) in [5.41, 5.74) is 1.34. The zero-order chi connectivity index (χ0) is 11.0. The number of hydrogen-bond donors (Lipinski definition) is 0. The van der Waals surface area contributed by atoms with Crippen molar-refractivity contribution in [1.29, 1.82) is 0 Å². The van der Waals surface area contributed by atoms with Gasteiger partial charge in [-0.3, -0.25) is 9.59 Å². The third kappa shape index (κ3) is 1.75.